The summed E-state index contributed by atoms with van der Waals surface area (Å²) in [6.45, 7) is 1.50. The molecule has 0 spiro atoms. The Balaban J connectivity index is 1.48. The van der Waals surface area contributed by atoms with E-state index >= 15 is 0 Å². The van der Waals surface area contributed by atoms with E-state index in [2.05, 4.69) is 16.1 Å². The predicted molar refractivity (Wildman–Crippen MR) is 111 cm³/mol. The lowest BCUT2D eigenvalue weighted by Gasteiger charge is -2.28. The highest BCUT2D eigenvalue weighted by molar-refractivity contribution is 7.13. The minimum atomic E-state index is -0.976. The summed E-state index contributed by atoms with van der Waals surface area (Å²) in [5.41, 5.74) is 2.17. The molecule has 4 rings (SSSR count). The molecule has 3 aromatic rings. The van der Waals surface area contributed by atoms with Gasteiger partial charge in [0, 0.05) is 12.6 Å². The van der Waals surface area contributed by atoms with Gasteiger partial charge in [0.05, 0.1) is 10.9 Å². The van der Waals surface area contributed by atoms with Gasteiger partial charge in [-0.25, -0.2) is 4.79 Å². The molecule has 1 saturated heterocycles. The molecule has 0 amide bonds. The zero-order valence-corrected chi connectivity index (χ0v) is 16.9. The summed E-state index contributed by atoms with van der Waals surface area (Å²) >= 11 is 1.65. The van der Waals surface area contributed by atoms with Gasteiger partial charge in [-0.2, -0.15) is 0 Å². The number of hydrogen-bond donors (Lipinski definition) is 1. The number of nitrogens with zero attached hydrogens (tertiary/aromatic N) is 2. The molecule has 1 fully saturated rings. The Bertz CT molecular complexity index is 921. The van der Waals surface area contributed by atoms with Gasteiger partial charge in [0.15, 0.2) is 12.4 Å². The standard InChI is InChI=1S/C22H24N2O4S/c25-22(26)15-27-17-9-7-16(8-10-17)14-24-11-3-1-2-5-19(24)18-13-20(28-23-18)21-6-4-12-29-21/h4,6-10,12-13,19H,1-3,5,11,14-15H2,(H,25,26). The van der Waals surface area contributed by atoms with E-state index < -0.39 is 5.97 Å². The lowest BCUT2D eigenvalue weighted by atomic mass is 10.1. The van der Waals surface area contributed by atoms with Crippen LogP contribution in [0.1, 0.15) is 43.0 Å². The SMILES string of the molecule is O=C(O)COc1ccc(CN2CCCCCC2c2cc(-c3cccs3)on2)cc1. The van der Waals surface area contributed by atoms with Gasteiger partial charge in [-0.1, -0.05) is 36.2 Å². The summed E-state index contributed by atoms with van der Waals surface area (Å²) < 4.78 is 10.9. The number of hydrogen-bond acceptors (Lipinski definition) is 6. The fourth-order valence-electron chi connectivity index (χ4n) is 3.74. The van der Waals surface area contributed by atoms with E-state index in [1.165, 1.54) is 24.8 Å². The van der Waals surface area contributed by atoms with Crippen LogP contribution >= 0.6 is 11.3 Å². The van der Waals surface area contributed by atoms with Crippen molar-refractivity contribution in [2.75, 3.05) is 13.2 Å². The maximum atomic E-state index is 10.6. The molecule has 1 atom stereocenters. The van der Waals surface area contributed by atoms with Crippen LogP contribution in [0.4, 0.5) is 0 Å². The van der Waals surface area contributed by atoms with Crippen LogP contribution in [-0.4, -0.2) is 34.3 Å². The van der Waals surface area contributed by atoms with Crippen molar-refractivity contribution >= 4 is 17.3 Å². The molecule has 6 nitrogen and oxygen atoms in total. The summed E-state index contributed by atoms with van der Waals surface area (Å²) in [5.74, 6) is 0.427. The number of carboxylic acid groups (broad SMARTS) is 1. The normalized spacial score (nSPS) is 17.7. The fourth-order valence-corrected chi connectivity index (χ4v) is 4.42. The minimum Gasteiger partial charge on any atom is -0.482 e. The highest BCUT2D eigenvalue weighted by Crippen LogP contribution is 2.34. The Labute approximate surface area is 173 Å². The molecular formula is C22H24N2O4S. The van der Waals surface area contributed by atoms with Gasteiger partial charge in [-0.15, -0.1) is 11.3 Å². The highest BCUT2D eigenvalue weighted by atomic mass is 32.1. The van der Waals surface area contributed by atoms with E-state index in [9.17, 15) is 4.79 Å². The summed E-state index contributed by atoms with van der Waals surface area (Å²) in [7, 11) is 0. The second-order valence-electron chi connectivity index (χ2n) is 7.26. The first-order valence-electron chi connectivity index (χ1n) is 9.87. The highest BCUT2D eigenvalue weighted by Gasteiger charge is 2.26. The lowest BCUT2D eigenvalue weighted by Crippen LogP contribution is -2.28. The number of ether oxygens (including phenoxy) is 1. The molecular weight excluding hydrogens is 388 g/mol. The molecule has 1 aliphatic heterocycles. The first-order valence-corrected chi connectivity index (χ1v) is 10.7. The van der Waals surface area contributed by atoms with E-state index in [4.69, 9.17) is 14.4 Å². The van der Waals surface area contributed by atoms with Crippen molar-refractivity contribution in [2.45, 2.75) is 38.3 Å². The van der Waals surface area contributed by atoms with Crippen LogP contribution in [0.3, 0.4) is 0 Å². The third kappa shape index (κ3) is 5.05. The van der Waals surface area contributed by atoms with Crippen molar-refractivity contribution in [2.24, 2.45) is 0 Å². The smallest absolute Gasteiger partial charge is 0.341 e. The Hall–Kier alpha value is -2.64. The quantitative estimate of drug-likeness (QED) is 0.590. The monoisotopic (exact) mass is 412 g/mol. The molecule has 1 N–H and O–H groups in total. The van der Waals surface area contributed by atoms with Crippen molar-refractivity contribution in [3.8, 4) is 16.4 Å². The zero-order valence-electron chi connectivity index (χ0n) is 16.1. The molecule has 2 aromatic heterocycles. The van der Waals surface area contributed by atoms with Gasteiger partial charge < -0.3 is 14.4 Å². The van der Waals surface area contributed by atoms with Crippen LogP contribution in [0.15, 0.2) is 52.4 Å². The number of rotatable bonds is 7. The molecule has 0 aliphatic carbocycles. The van der Waals surface area contributed by atoms with Crippen molar-refractivity contribution in [3.05, 3.63) is 59.1 Å². The summed E-state index contributed by atoms with van der Waals surface area (Å²) in [4.78, 5) is 14.2. The van der Waals surface area contributed by atoms with E-state index in [0.29, 0.717) is 5.75 Å². The molecule has 0 saturated carbocycles. The van der Waals surface area contributed by atoms with Crippen LogP contribution in [-0.2, 0) is 11.3 Å². The first kappa shape index (κ1) is 19.7. The molecule has 29 heavy (non-hydrogen) atoms. The zero-order chi connectivity index (χ0) is 20.1. The van der Waals surface area contributed by atoms with Gasteiger partial charge in [0.1, 0.15) is 11.4 Å². The average Bonchev–Trinajstić information content (AvgIpc) is 3.37. The number of thiophene rings is 1. The number of benzene rings is 1. The molecule has 1 aromatic carbocycles. The Kier molecular flexibility index (Phi) is 6.27. The van der Waals surface area contributed by atoms with Gasteiger partial charge in [-0.3, -0.25) is 4.90 Å². The van der Waals surface area contributed by atoms with Crippen molar-refractivity contribution in [1.82, 2.24) is 10.1 Å². The molecule has 7 heteroatoms. The van der Waals surface area contributed by atoms with Crippen molar-refractivity contribution in [3.63, 3.8) is 0 Å². The molecule has 152 valence electrons. The largest absolute Gasteiger partial charge is 0.482 e. The number of aromatic nitrogens is 1. The maximum Gasteiger partial charge on any atom is 0.341 e. The van der Waals surface area contributed by atoms with Crippen LogP contribution in [0, 0.1) is 0 Å². The van der Waals surface area contributed by atoms with Gasteiger partial charge in [0.2, 0.25) is 0 Å². The number of aliphatic carboxylic acids is 1. The van der Waals surface area contributed by atoms with E-state index in [1.54, 1.807) is 11.3 Å². The molecule has 0 radical (unpaired) electrons. The Morgan fingerprint density at radius 2 is 2.10 bits per heavy atom. The molecule has 3 heterocycles. The fraction of sp³-hybridized carbons (Fsp3) is 0.364. The van der Waals surface area contributed by atoms with Crippen LogP contribution in [0.5, 0.6) is 5.75 Å². The lowest BCUT2D eigenvalue weighted by molar-refractivity contribution is -0.139. The average molecular weight is 413 g/mol. The van der Waals surface area contributed by atoms with Crippen LogP contribution < -0.4 is 4.74 Å². The summed E-state index contributed by atoms with van der Waals surface area (Å²) in [5, 5.41) is 15.2. The topological polar surface area (TPSA) is 75.8 Å². The van der Waals surface area contributed by atoms with E-state index in [1.807, 2.05) is 41.8 Å². The van der Waals surface area contributed by atoms with E-state index in [0.717, 1.165) is 35.8 Å². The third-order valence-corrected chi connectivity index (χ3v) is 6.05. The summed E-state index contributed by atoms with van der Waals surface area (Å²) in [6.07, 6.45) is 4.65. The minimum absolute atomic E-state index is 0.234. The van der Waals surface area contributed by atoms with Crippen LogP contribution in [0.2, 0.25) is 0 Å². The van der Waals surface area contributed by atoms with Crippen LogP contribution in [0.25, 0.3) is 10.6 Å². The Morgan fingerprint density at radius 3 is 2.86 bits per heavy atom. The number of carbonyl (C=O) groups is 1. The second kappa shape index (κ2) is 9.24. The number of carboxylic acids is 1. The summed E-state index contributed by atoms with van der Waals surface area (Å²) in [6, 6.07) is 14.0. The molecule has 0 bridgehead atoms. The van der Waals surface area contributed by atoms with Crippen molar-refractivity contribution in [1.29, 1.82) is 0 Å². The molecule has 1 unspecified atom stereocenters. The second-order valence-corrected chi connectivity index (χ2v) is 8.20. The maximum absolute atomic E-state index is 10.6. The van der Waals surface area contributed by atoms with E-state index in [-0.39, 0.29) is 12.6 Å². The van der Waals surface area contributed by atoms with Crippen molar-refractivity contribution < 1.29 is 19.2 Å². The van der Waals surface area contributed by atoms with Gasteiger partial charge >= 0.3 is 5.97 Å². The number of likely N-dealkylation sites (tertiary alicyclic amines) is 1. The van der Waals surface area contributed by atoms with Gasteiger partial charge in [0.25, 0.3) is 0 Å². The molecule has 1 aliphatic rings. The first-order chi connectivity index (χ1) is 14.2. The Morgan fingerprint density at radius 1 is 1.24 bits per heavy atom. The van der Waals surface area contributed by atoms with Gasteiger partial charge in [-0.05, 0) is 48.5 Å². The third-order valence-electron chi connectivity index (χ3n) is 5.17. The predicted octanol–water partition coefficient (Wildman–Crippen LogP) is 4.98.